The molecule has 0 bridgehead atoms. The molecule has 62 heavy (non-hydrogen) atoms. The summed E-state index contributed by atoms with van der Waals surface area (Å²) < 4.78 is 95.7. The van der Waals surface area contributed by atoms with Crippen LogP contribution < -0.4 is 0 Å². The summed E-state index contributed by atoms with van der Waals surface area (Å²) in [6.07, 6.45) is -2.65. The molecule has 0 aromatic carbocycles. The predicted molar refractivity (Wildman–Crippen MR) is 248 cm³/mol. The van der Waals surface area contributed by atoms with Gasteiger partial charge in [-0.05, 0) is 0 Å². The van der Waals surface area contributed by atoms with E-state index < -0.39 is 0 Å². The molecule has 8 saturated heterocycles. The Kier molecular flexibility index (Phi) is 22.7. The lowest BCUT2D eigenvalue weighted by Crippen LogP contribution is -2.54. The standard InChI is InChI=1S/C38H60Br2O16S6/c39-7-31-41-9-25-23(49-31)11-43-33(51-25)17-57-1-3-59-19-35-45-13-29-27(53-35)15-47-37(55-29)21-61-5-6-62-22-38-48-16-28-30(56-38)14-46-36(54-28)20-60-4-2-58-18-34-44-12-24-26(52-34)10-42-32(8-40)50-24/h23-38H,1-22H2/t23-,24-,25-,26-,27-,28-,29-,30-,31+,32+,33+,34+,35+,36+,37+,38+/m0/s1. The molecule has 8 aliphatic heterocycles. The van der Waals surface area contributed by atoms with E-state index in [4.69, 9.17) is 75.8 Å². The highest BCUT2D eigenvalue weighted by molar-refractivity contribution is 9.09. The van der Waals surface area contributed by atoms with Crippen molar-refractivity contribution in [3.63, 3.8) is 0 Å². The minimum absolute atomic E-state index is 0.0656. The van der Waals surface area contributed by atoms with Crippen molar-refractivity contribution in [2.45, 2.75) is 99.2 Å². The maximum absolute atomic E-state index is 6.20. The highest BCUT2D eigenvalue weighted by Crippen LogP contribution is 2.30. The van der Waals surface area contributed by atoms with Gasteiger partial charge >= 0.3 is 0 Å². The minimum Gasteiger partial charge on any atom is -0.349 e. The van der Waals surface area contributed by atoms with E-state index >= 15 is 0 Å². The zero-order valence-electron chi connectivity index (χ0n) is 34.5. The van der Waals surface area contributed by atoms with Crippen LogP contribution in [0.2, 0.25) is 0 Å². The fourth-order valence-electron chi connectivity index (χ4n) is 7.48. The van der Waals surface area contributed by atoms with Gasteiger partial charge in [0.05, 0.1) is 63.5 Å². The molecule has 8 heterocycles. The Bertz CT molecular complexity index is 1200. The van der Waals surface area contributed by atoms with E-state index in [1.165, 1.54) is 0 Å². The Hall–Kier alpha value is 2.42. The minimum atomic E-state index is -0.260. The van der Waals surface area contributed by atoms with Crippen LogP contribution in [-0.4, -0.2) is 232 Å². The van der Waals surface area contributed by atoms with Gasteiger partial charge in [0.15, 0.2) is 50.3 Å². The van der Waals surface area contributed by atoms with Crippen LogP contribution in [0.5, 0.6) is 0 Å². The van der Waals surface area contributed by atoms with E-state index in [2.05, 4.69) is 31.9 Å². The molecule has 0 aromatic heterocycles. The average molecular weight is 1130 g/mol. The summed E-state index contributed by atoms with van der Waals surface area (Å²) in [5.41, 5.74) is 0. The maximum Gasteiger partial charge on any atom is 0.167 e. The fraction of sp³-hybridized carbons (Fsp3) is 1.00. The quantitative estimate of drug-likeness (QED) is 0.107. The molecule has 8 fully saturated rings. The zero-order chi connectivity index (χ0) is 42.4. The van der Waals surface area contributed by atoms with Gasteiger partial charge in [0, 0.05) is 69.0 Å². The summed E-state index contributed by atoms with van der Waals surface area (Å²) >= 11 is 17.7. The summed E-state index contributed by atoms with van der Waals surface area (Å²) in [5.74, 6) is 10.5. The number of thioether (sulfide) groups is 6. The third-order valence-electron chi connectivity index (χ3n) is 10.7. The number of ether oxygens (including phenoxy) is 16. The first kappa shape index (κ1) is 50.8. The molecule has 16 nitrogen and oxygen atoms in total. The molecular formula is C38H60Br2O16S6. The lowest BCUT2D eigenvalue weighted by atomic mass is 10.2. The molecule has 24 heteroatoms. The van der Waals surface area contributed by atoms with Crippen molar-refractivity contribution in [2.75, 3.05) is 133 Å². The molecule has 0 N–H and O–H groups in total. The number of alkyl halides is 2. The second-order valence-corrected chi connectivity index (χ2v) is 23.5. The van der Waals surface area contributed by atoms with Gasteiger partial charge in [-0.2, -0.15) is 70.6 Å². The third kappa shape index (κ3) is 16.0. The maximum atomic E-state index is 6.20. The molecule has 8 rings (SSSR count). The second-order valence-electron chi connectivity index (χ2n) is 15.3. The van der Waals surface area contributed by atoms with Crippen molar-refractivity contribution in [3.05, 3.63) is 0 Å². The molecule has 358 valence electrons. The van der Waals surface area contributed by atoms with Crippen LogP contribution in [0.25, 0.3) is 0 Å². The van der Waals surface area contributed by atoms with Crippen LogP contribution in [-0.2, 0) is 75.8 Å². The first-order chi connectivity index (χ1) is 30.6. The number of fused-ring (bicyclic) bond motifs is 4. The van der Waals surface area contributed by atoms with Crippen LogP contribution in [0.4, 0.5) is 0 Å². The van der Waals surface area contributed by atoms with Gasteiger partial charge in [-0.1, -0.05) is 31.9 Å². The fourth-order valence-corrected chi connectivity index (χ4v) is 14.2. The molecule has 0 aliphatic carbocycles. The molecule has 8 aliphatic rings. The predicted octanol–water partition coefficient (Wildman–Crippen LogP) is 4.11. The van der Waals surface area contributed by atoms with Crippen molar-refractivity contribution >= 4 is 102 Å². The van der Waals surface area contributed by atoms with Gasteiger partial charge in [-0.25, -0.2) is 0 Å². The number of hydrogen-bond donors (Lipinski definition) is 0. The van der Waals surface area contributed by atoms with E-state index in [-0.39, 0.29) is 99.2 Å². The first-order valence-corrected chi connectivity index (χ1v) is 30.5. The van der Waals surface area contributed by atoms with E-state index in [1.807, 2.05) is 70.6 Å². The van der Waals surface area contributed by atoms with Gasteiger partial charge in [-0.3, -0.25) is 0 Å². The third-order valence-corrected chi connectivity index (χ3v) is 18.6. The normalized spacial score (nSPS) is 41.1. The van der Waals surface area contributed by atoms with Crippen molar-refractivity contribution in [1.82, 2.24) is 0 Å². The molecule has 0 saturated carbocycles. The Morgan fingerprint density at radius 2 is 0.419 bits per heavy atom. The Morgan fingerprint density at radius 1 is 0.258 bits per heavy atom. The Morgan fingerprint density at radius 3 is 0.597 bits per heavy atom. The number of halogens is 2. The lowest BCUT2D eigenvalue weighted by molar-refractivity contribution is -0.326. The van der Waals surface area contributed by atoms with Crippen LogP contribution in [0.3, 0.4) is 0 Å². The van der Waals surface area contributed by atoms with E-state index in [1.54, 1.807) is 0 Å². The van der Waals surface area contributed by atoms with Crippen LogP contribution >= 0.6 is 102 Å². The topological polar surface area (TPSA) is 148 Å². The summed E-state index contributed by atoms with van der Waals surface area (Å²) in [6, 6.07) is 0. The lowest BCUT2D eigenvalue weighted by Gasteiger charge is -2.41. The van der Waals surface area contributed by atoms with Crippen LogP contribution in [0.1, 0.15) is 0 Å². The monoisotopic (exact) mass is 1120 g/mol. The van der Waals surface area contributed by atoms with Gasteiger partial charge in [-0.15, -0.1) is 0 Å². The average Bonchev–Trinajstić information content (AvgIpc) is 3.31. The van der Waals surface area contributed by atoms with Gasteiger partial charge < -0.3 is 75.8 Å². The largest absolute Gasteiger partial charge is 0.349 e. The van der Waals surface area contributed by atoms with Gasteiger partial charge in [0.25, 0.3) is 0 Å². The van der Waals surface area contributed by atoms with Gasteiger partial charge in [0.2, 0.25) is 0 Å². The number of rotatable bonds is 23. The molecular weight excluding hydrogens is 1060 g/mol. The summed E-state index contributed by atoms with van der Waals surface area (Å²) in [5, 5.41) is 1.29. The first-order valence-electron chi connectivity index (χ1n) is 21.3. The highest BCUT2D eigenvalue weighted by Gasteiger charge is 2.42. The number of hydrogen-bond acceptors (Lipinski definition) is 22. The van der Waals surface area contributed by atoms with E-state index in [0.29, 0.717) is 63.5 Å². The second kappa shape index (κ2) is 27.7. The van der Waals surface area contributed by atoms with Crippen LogP contribution in [0.15, 0.2) is 0 Å². The van der Waals surface area contributed by atoms with E-state index in [9.17, 15) is 0 Å². The summed E-state index contributed by atoms with van der Waals surface area (Å²) in [7, 11) is 0. The molecule has 0 unspecified atom stereocenters. The summed E-state index contributed by atoms with van der Waals surface area (Å²) in [6.45, 7) is 4.23. The van der Waals surface area contributed by atoms with Crippen molar-refractivity contribution in [2.24, 2.45) is 0 Å². The molecule has 0 spiro atoms. The van der Waals surface area contributed by atoms with Crippen molar-refractivity contribution in [1.29, 1.82) is 0 Å². The Labute approximate surface area is 406 Å². The van der Waals surface area contributed by atoms with Crippen molar-refractivity contribution in [3.8, 4) is 0 Å². The summed E-state index contributed by atoms with van der Waals surface area (Å²) in [4.78, 5) is 0. The van der Waals surface area contributed by atoms with Crippen LogP contribution in [0, 0.1) is 0 Å². The smallest absolute Gasteiger partial charge is 0.167 e. The molecule has 0 amide bonds. The molecule has 16 atom stereocenters. The SMILES string of the molecule is BrC[C@@H]1OC[C@@H]2O[C@H](CSCCSC[C@@H]3OC[C@@H]4O[C@H](CSCCSC[C@@H]5OC[C@@H]6O[C@H](CSCCSC[C@@H]7OC[C@@H]8O[C@H](CBr)OC[C@@H]8O7)OC[C@@H]6O5)OC[C@@H]4O3)OC[C@@H]2O1. The highest BCUT2D eigenvalue weighted by atomic mass is 79.9. The zero-order valence-corrected chi connectivity index (χ0v) is 42.6. The molecule has 0 aromatic rings. The Balaban J connectivity index is 0.581. The van der Waals surface area contributed by atoms with Crippen molar-refractivity contribution < 1.29 is 75.8 Å². The molecule has 0 radical (unpaired) electrons. The van der Waals surface area contributed by atoms with E-state index in [0.717, 1.165) is 69.0 Å². The van der Waals surface area contributed by atoms with Gasteiger partial charge in [0.1, 0.15) is 48.8 Å².